The predicted octanol–water partition coefficient (Wildman–Crippen LogP) is -0.491. The average Bonchev–Trinajstić information content (AvgIpc) is 0.807. The maximum Gasteiger partial charge on any atom is 0.289 e. The maximum atomic E-state index is 13.0. The van der Waals surface area contributed by atoms with Crippen LogP contribution in [0.4, 0.5) is 17.1 Å². The third-order valence-corrected chi connectivity index (χ3v) is 27.1. The molecule has 4 heterocycles. The van der Waals surface area contributed by atoms with E-state index in [0.717, 1.165) is 58.4 Å². The van der Waals surface area contributed by atoms with Gasteiger partial charge >= 0.3 is 0 Å². The number of nitro benzene ring substituents is 3. The van der Waals surface area contributed by atoms with Crippen molar-refractivity contribution < 1.29 is 92.6 Å². The molecule has 3 aromatic rings. The van der Waals surface area contributed by atoms with Gasteiger partial charge in [0.2, 0.25) is 30.1 Å². The van der Waals surface area contributed by atoms with E-state index in [1.54, 1.807) is 14.2 Å². The zero-order valence-corrected chi connectivity index (χ0v) is 61.9. The van der Waals surface area contributed by atoms with Crippen molar-refractivity contribution in [1.82, 2.24) is 38.2 Å². The van der Waals surface area contributed by atoms with E-state index in [-0.39, 0.29) is 95.1 Å². The van der Waals surface area contributed by atoms with Crippen LogP contribution < -0.4 is 10.0 Å². The first-order valence-corrected chi connectivity index (χ1v) is 43.0. The Morgan fingerprint density at radius 3 is 1.01 bits per heavy atom. The summed E-state index contributed by atoms with van der Waals surface area (Å²) in [7, 11) is -17.7. The molecule has 0 bridgehead atoms. The Balaban J connectivity index is 0.000000334. The van der Waals surface area contributed by atoms with Gasteiger partial charge in [-0.3, -0.25) is 30.3 Å². The highest BCUT2D eigenvalue weighted by atomic mass is 79.9. The van der Waals surface area contributed by atoms with Crippen molar-refractivity contribution >= 4 is 102 Å². The molecule has 554 valence electrons. The van der Waals surface area contributed by atoms with Crippen LogP contribution in [0.2, 0.25) is 0 Å². The molecule has 97 heavy (non-hydrogen) atoms. The largest absolute Gasteiger partial charge is 0.384 e. The summed E-state index contributed by atoms with van der Waals surface area (Å²) in [6.45, 7) is 9.16. The molecular formula is C54H90BrN11O24S7. The van der Waals surface area contributed by atoms with E-state index in [2.05, 4.69) is 35.6 Å². The minimum atomic E-state index is -4.11. The number of ether oxygens (including phenoxy) is 4. The number of halogens is 1. The molecule has 4 aliphatic rings. The second kappa shape index (κ2) is 42.7. The lowest BCUT2D eigenvalue weighted by atomic mass is 10.3. The van der Waals surface area contributed by atoms with Crippen LogP contribution in [0.15, 0.2) is 87.5 Å². The summed E-state index contributed by atoms with van der Waals surface area (Å²) in [6.07, 6.45) is 0. The summed E-state index contributed by atoms with van der Waals surface area (Å²) in [5, 5.41) is 37.5. The third kappa shape index (κ3) is 31.5. The lowest BCUT2D eigenvalue weighted by Gasteiger charge is -2.29. The van der Waals surface area contributed by atoms with E-state index in [9.17, 15) is 89.3 Å². The maximum absolute atomic E-state index is 13.0. The van der Waals surface area contributed by atoms with Crippen LogP contribution in [0.25, 0.3) is 0 Å². The quantitative estimate of drug-likeness (QED) is 0.0345. The van der Waals surface area contributed by atoms with E-state index >= 15 is 0 Å². The summed E-state index contributed by atoms with van der Waals surface area (Å²) < 4.78 is 191. The molecule has 4 fully saturated rings. The molecule has 0 atom stereocenters. The fraction of sp³-hybridized carbons (Fsp3) is 0.667. The van der Waals surface area contributed by atoms with Gasteiger partial charge in [0.25, 0.3) is 17.1 Å². The van der Waals surface area contributed by atoms with Gasteiger partial charge in [0.15, 0.2) is 54.0 Å². The van der Waals surface area contributed by atoms with Crippen molar-refractivity contribution in [2.45, 2.75) is 14.7 Å². The molecule has 3 aromatic carbocycles. The summed E-state index contributed by atoms with van der Waals surface area (Å²) in [6, 6.07) is 15.5. The Labute approximate surface area is 577 Å². The van der Waals surface area contributed by atoms with Crippen LogP contribution in [-0.2, 0) is 88.4 Å². The lowest BCUT2D eigenvalue weighted by molar-refractivity contribution is -0.388. The molecule has 2 N–H and O–H groups in total. The standard InChI is InChI=1S/2C15H23N3O7S2.C12H17N3O6S2.C9H20N2O3S.C3H7BrO/c2*1-25-11-8-17(7-6-16-9-12-26(21,22)13-10-16)27(23,24)15-5-3-2-4-14(15)18(19)20;16-15(17)11-3-1-2-4-12(11)23(20,21)13-5-6-14-7-9-22(18,19)10-8-14;1-14-7-3-10-2-4-11-5-8-15(12,13)9-6-11;1-5-3-2-4/h2*2-5H,6-13H2,1H3;1-4,13H,5-10H2;10H,2-9H2,1H3;2-3H2,1H3. The molecule has 0 radical (unpaired) electrons. The number of alkyl halides is 1. The van der Waals surface area contributed by atoms with Gasteiger partial charge in [0.1, 0.15) is 0 Å². The number of hydrogen-bond donors (Lipinski definition) is 2. The van der Waals surface area contributed by atoms with Crippen molar-refractivity contribution in [3.05, 3.63) is 103 Å². The van der Waals surface area contributed by atoms with Crippen LogP contribution in [0.5, 0.6) is 0 Å². The normalized spacial score (nSPS) is 18.1. The number of sulfonamides is 3. The van der Waals surface area contributed by atoms with Crippen LogP contribution in [0.3, 0.4) is 0 Å². The number of nitro groups is 3. The Morgan fingerprint density at radius 2 is 0.711 bits per heavy atom. The first-order chi connectivity index (χ1) is 45.6. The van der Waals surface area contributed by atoms with Gasteiger partial charge in [0.05, 0.1) is 87.2 Å². The monoisotopic (exact) mass is 1580 g/mol. The molecule has 43 heteroatoms. The number of para-hydroxylation sites is 3. The molecule has 0 spiro atoms. The number of hydrogen-bond acceptors (Lipinski definition) is 29. The summed E-state index contributed by atoms with van der Waals surface area (Å²) in [5.41, 5.74) is -1.45. The van der Waals surface area contributed by atoms with Crippen molar-refractivity contribution in [2.75, 3.05) is 231 Å². The SMILES string of the molecule is COCCBr.COCCN(CCN1CCS(=O)(=O)CC1)S(=O)(=O)c1ccccc1[N+](=O)[O-].COCCN(CCN1CCS(=O)(=O)CC1)S(=O)(=O)c1ccccc1[N+](=O)[O-].COCCNCCN1CCS(=O)(=O)CC1.O=[N+]([O-])c1ccccc1S(=O)(=O)NCCN1CCS(=O)(=O)CC1. The Kier molecular flexibility index (Phi) is 38.2. The zero-order valence-electron chi connectivity index (χ0n) is 54.6. The summed E-state index contributed by atoms with van der Waals surface area (Å²) in [5.74, 6) is 0.915. The number of methoxy groups -OCH3 is 4. The van der Waals surface area contributed by atoms with E-state index in [1.165, 1.54) is 68.8 Å². The average molecular weight is 1580 g/mol. The minimum Gasteiger partial charge on any atom is -0.384 e. The summed E-state index contributed by atoms with van der Waals surface area (Å²) in [4.78, 5) is 37.7. The van der Waals surface area contributed by atoms with Gasteiger partial charge in [-0.05, 0) is 18.2 Å². The molecule has 0 aromatic heterocycles. The number of nitrogens with one attached hydrogen (secondary N) is 2. The van der Waals surface area contributed by atoms with Gasteiger partial charge in [-0.15, -0.1) is 0 Å². The van der Waals surface area contributed by atoms with Crippen molar-refractivity contribution in [1.29, 1.82) is 0 Å². The molecule has 0 saturated carbocycles. The van der Waals surface area contributed by atoms with E-state index in [4.69, 9.17) is 14.2 Å². The highest BCUT2D eigenvalue weighted by Crippen LogP contribution is 2.28. The van der Waals surface area contributed by atoms with Gasteiger partial charge in [0, 0.05) is 176 Å². The first-order valence-electron chi connectivity index (χ1n) is 30.2. The Morgan fingerprint density at radius 1 is 0.423 bits per heavy atom. The van der Waals surface area contributed by atoms with Crippen LogP contribution in [0.1, 0.15) is 0 Å². The zero-order chi connectivity index (χ0) is 72.5. The van der Waals surface area contributed by atoms with Gasteiger partial charge < -0.3 is 43.9 Å². The van der Waals surface area contributed by atoms with Gasteiger partial charge in [-0.25, -0.2) is 63.6 Å². The van der Waals surface area contributed by atoms with E-state index < -0.39 is 101 Å². The van der Waals surface area contributed by atoms with Crippen LogP contribution >= 0.6 is 15.9 Å². The summed E-state index contributed by atoms with van der Waals surface area (Å²) >= 11 is 3.18. The van der Waals surface area contributed by atoms with Crippen LogP contribution in [-0.4, -0.2) is 332 Å². The number of sulfone groups is 4. The number of benzene rings is 3. The second-order valence-corrected chi connectivity index (χ2v) is 37.3. The molecule has 35 nitrogen and oxygen atoms in total. The van der Waals surface area contributed by atoms with Gasteiger partial charge in [-0.1, -0.05) is 52.3 Å². The number of nitrogens with zero attached hydrogens (tertiary/aromatic N) is 9. The van der Waals surface area contributed by atoms with Crippen LogP contribution in [0, 0.1) is 30.3 Å². The first kappa shape index (κ1) is 86.7. The van der Waals surface area contributed by atoms with E-state index in [0.29, 0.717) is 90.1 Å². The van der Waals surface area contributed by atoms with Crippen molar-refractivity contribution in [3.63, 3.8) is 0 Å². The van der Waals surface area contributed by atoms with E-state index in [1.807, 2.05) is 14.7 Å². The minimum absolute atomic E-state index is 0.0387. The molecule has 7 rings (SSSR count). The lowest BCUT2D eigenvalue weighted by Crippen LogP contribution is -2.45. The highest BCUT2D eigenvalue weighted by molar-refractivity contribution is 9.09. The van der Waals surface area contributed by atoms with Crippen molar-refractivity contribution in [3.8, 4) is 0 Å². The predicted molar refractivity (Wildman–Crippen MR) is 367 cm³/mol. The van der Waals surface area contributed by atoms with Gasteiger partial charge in [-0.2, -0.15) is 8.61 Å². The molecule has 0 amide bonds. The highest BCUT2D eigenvalue weighted by Gasteiger charge is 2.35. The fourth-order valence-electron chi connectivity index (χ4n) is 9.29. The fourth-order valence-corrected chi connectivity index (χ4v) is 19.1. The molecule has 0 unspecified atom stereocenters. The topological polar surface area (TPSA) is 449 Å². The molecular weight excluding hydrogens is 1490 g/mol. The number of rotatable bonds is 32. The second-order valence-electron chi connectivity index (χ2n) is 21.8. The molecule has 4 saturated heterocycles. The Hall–Kier alpha value is -4.49. The molecule has 4 aliphatic heterocycles. The smallest absolute Gasteiger partial charge is 0.289 e. The Bertz CT molecular complexity index is 3590. The molecule has 0 aliphatic carbocycles. The third-order valence-electron chi connectivity index (χ3n) is 15.0. The van der Waals surface area contributed by atoms with Crippen molar-refractivity contribution in [2.24, 2.45) is 0 Å².